The highest BCUT2D eigenvalue weighted by Crippen LogP contribution is 2.36. The fraction of sp³-hybridized carbons (Fsp3) is 0.158. The van der Waals surface area contributed by atoms with E-state index >= 15 is 0 Å². The van der Waals surface area contributed by atoms with E-state index in [9.17, 15) is 26.4 Å². The van der Waals surface area contributed by atoms with Crippen molar-refractivity contribution in [1.82, 2.24) is 9.78 Å². The molecule has 0 aliphatic rings. The molecule has 0 amide bonds. The number of halogens is 5. The molecule has 6 nitrogen and oxygen atoms in total. The number of rotatable bonds is 5. The number of carbonyl (C=O) groups is 1. The molecule has 0 aliphatic carbocycles. The van der Waals surface area contributed by atoms with Crippen molar-refractivity contribution >= 4 is 39.0 Å². The second-order valence-electron chi connectivity index (χ2n) is 6.29. The number of aryl methyl sites for hydroxylation is 1. The van der Waals surface area contributed by atoms with Gasteiger partial charge in [-0.15, -0.1) is 0 Å². The molecule has 164 valence electrons. The number of carbonyl (C=O) groups excluding carboxylic acids is 1. The molecule has 0 saturated carbocycles. The number of aromatic nitrogens is 2. The average molecular weight is 493 g/mol. The molecule has 1 aromatic heterocycles. The topological polar surface area (TPSA) is 78.3 Å². The number of hydrogen-bond donors (Lipinski definition) is 0. The van der Waals surface area contributed by atoms with E-state index in [4.69, 9.17) is 27.9 Å². The first-order chi connectivity index (χ1) is 14.4. The summed E-state index contributed by atoms with van der Waals surface area (Å²) < 4.78 is 72.3. The van der Waals surface area contributed by atoms with E-state index in [0.717, 1.165) is 19.2 Å². The zero-order chi connectivity index (χ0) is 23.0. The van der Waals surface area contributed by atoms with Crippen molar-refractivity contribution in [1.29, 1.82) is 0 Å². The summed E-state index contributed by atoms with van der Waals surface area (Å²) in [5, 5.41) is 3.18. The molecule has 12 heteroatoms. The van der Waals surface area contributed by atoms with Gasteiger partial charge < -0.3 is 4.74 Å². The lowest BCUT2D eigenvalue weighted by Crippen LogP contribution is -2.14. The van der Waals surface area contributed by atoms with Crippen LogP contribution >= 0.6 is 23.2 Å². The number of alkyl halides is 3. The van der Waals surface area contributed by atoms with E-state index in [0.29, 0.717) is 9.70 Å². The van der Waals surface area contributed by atoms with E-state index < -0.39 is 44.9 Å². The van der Waals surface area contributed by atoms with Gasteiger partial charge in [-0.25, -0.2) is 13.2 Å². The maximum atomic E-state index is 13.5. The minimum atomic E-state index is -4.98. The zero-order valence-corrected chi connectivity index (χ0v) is 18.0. The Kier molecular flexibility index (Phi) is 6.35. The number of hydrogen-bond acceptors (Lipinski definition) is 5. The molecular formula is C19H13Cl2F3N2O4S. The minimum Gasteiger partial charge on any atom is -0.457 e. The molecule has 3 aromatic rings. The van der Waals surface area contributed by atoms with Gasteiger partial charge >= 0.3 is 12.1 Å². The number of nitrogens with zero attached hydrogens (tertiary/aromatic N) is 2. The van der Waals surface area contributed by atoms with Crippen LogP contribution in [-0.2, 0) is 34.4 Å². The maximum Gasteiger partial charge on any atom is 0.435 e. The minimum absolute atomic E-state index is 0.0314. The lowest BCUT2D eigenvalue weighted by Gasteiger charge is -2.11. The molecule has 0 bridgehead atoms. The van der Waals surface area contributed by atoms with Gasteiger partial charge in [0.2, 0.25) is 9.84 Å². The van der Waals surface area contributed by atoms with Crippen LogP contribution in [0.2, 0.25) is 10.0 Å². The Morgan fingerprint density at radius 3 is 2.06 bits per heavy atom. The van der Waals surface area contributed by atoms with Crippen LogP contribution in [0.15, 0.2) is 58.5 Å². The number of benzene rings is 2. The summed E-state index contributed by atoms with van der Waals surface area (Å²) in [7, 11) is -3.38. The third-order valence-corrected chi connectivity index (χ3v) is 6.58. The molecule has 0 radical (unpaired) electrons. The smallest absolute Gasteiger partial charge is 0.435 e. The summed E-state index contributed by atoms with van der Waals surface area (Å²) >= 11 is 11.5. The van der Waals surface area contributed by atoms with Gasteiger partial charge in [0.05, 0.1) is 16.0 Å². The quantitative estimate of drug-likeness (QED) is 0.471. The summed E-state index contributed by atoms with van der Waals surface area (Å²) in [6.07, 6.45) is -4.98. The Morgan fingerprint density at radius 1 is 1.03 bits per heavy atom. The summed E-state index contributed by atoms with van der Waals surface area (Å²) in [6.45, 7) is -0.966. The third-order valence-electron chi connectivity index (χ3n) is 4.16. The maximum absolute atomic E-state index is 13.5. The van der Waals surface area contributed by atoms with Crippen LogP contribution in [0.1, 0.15) is 21.6 Å². The molecule has 31 heavy (non-hydrogen) atoms. The second kappa shape index (κ2) is 8.52. The van der Waals surface area contributed by atoms with E-state index in [1.807, 2.05) is 0 Å². The van der Waals surface area contributed by atoms with Crippen LogP contribution in [0.25, 0.3) is 0 Å². The SMILES string of the molecule is Cn1nc(C(F)(F)F)c(COC(=O)c2ccc(Cl)cc2)c1S(=O)(=O)c1ccc(Cl)cc1. The Bertz CT molecular complexity index is 1220. The number of ether oxygens (including phenoxy) is 1. The van der Waals surface area contributed by atoms with Crippen molar-refractivity contribution in [3.63, 3.8) is 0 Å². The lowest BCUT2D eigenvalue weighted by molar-refractivity contribution is -0.142. The van der Waals surface area contributed by atoms with Gasteiger partial charge in [0, 0.05) is 17.1 Å². The van der Waals surface area contributed by atoms with E-state index in [1.165, 1.54) is 36.4 Å². The van der Waals surface area contributed by atoms with E-state index in [1.54, 1.807) is 0 Å². The van der Waals surface area contributed by atoms with Crippen molar-refractivity contribution in [3.8, 4) is 0 Å². The fourth-order valence-corrected chi connectivity index (χ4v) is 4.62. The Morgan fingerprint density at radius 2 is 1.55 bits per heavy atom. The van der Waals surface area contributed by atoms with Crippen LogP contribution in [0.3, 0.4) is 0 Å². The first-order valence-corrected chi connectivity index (χ1v) is 10.7. The number of sulfone groups is 1. The molecule has 0 unspecified atom stereocenters. The number of esters is 1. The Labute approximate surface area is 185 Å². The third kappa shape index (κ3) is 4.86. The van der Waals surface area contributed by atoms with Gasteiger partial charge in [-0.1, -0.05) is 23.2 Å². The fourth-order valence-electron chi connectivity index (χ4n) is 2.78. The van der Waals surface area contributed by atoms with Gasteiger partial charge in [0.25, 0.3) is 0 Å². The molecule has 0 N–H and O–H groups in total. The Balaban J connectivity index is 2.04. The van der Waals surface area contributed by atoms with E-state index in [-0.39, 0.29) is 15.5 Å². The first kappa shape index (κ1) is 23.1. The van der Waals surface area contributed by atoms with E-state index in [2.05, 4.69) is 5.10 Å². The normalized spacial score (nSPS) is 12.1. The second-order valence-corrected chi connectivity index (χ2v) is 9.03. The van der Waals surface area contributed by atoms with Gasteiger partial charge in [-0.2, -0.15) is 18.3 Å². The van der Waals surface area contributed by atoms with Crippen LogP contribution in [0, 0.1) is 0 Å². The summed E-state index contributed by atoms with van der Waals surface area (Å²) in [5.74, 6) is -0.955. The highest BCUT2D eigenvalue weighted by Gasteiger charge is 2.42. The Hall–Kier alpha value is -2.56. The molecule has 2 aromatic carbocycles. The average Bonchev–Trinajstić information content (AvgIpc) is 3.04. The molecule has 0 aliphatic heterocycles. The van der Waals surface area contributed by atoms with Crippen molar-refractivity contribution < 1.29 is 31.1 Å². The summed E-state index contributed by atoms with van der Waals surface area (Å²) in [5.41, 5.74) is -2.22. The van der Waals surface area contributed by atoms with Crippen molar-refractivity contribution in [2.45, 2.75) is 22.7 Å². The predicted octanol–water partition coefficient (Wildman–Crippen LogP) is 4.94. The van der Waals surface area contributed by atoms with Crippen LogP contribution in [0.4, 0.5) is 13.2 Å². The highest BCUT2D eigenvalue weighted by atomic mass is 35.5. The van der Waals surface area contributed by atoms with Crippen molar-refractivity contribution in [2.75, 3.05) is 0 Å². The molecular weight excluding hydrogens is 480 g/mol. The largest absolute Gasteiger partial charge is 0.457 e. The summed E-state index contributed by atoms with van der Waals surface area (Å²) in [4.78, 5) is 11.9. The van der Waals surface area contributed by atoms with Gasteiger partial charge in [0.15, 0.2) is 10.7 Å². The molecule has 1 heterocycles. The van der Waals surface area contributed by atoms with Crippen molar-refractivity contribution in [2.24, 2.45) is 7.05 Å². The van der Waals surface area contributed by atoms with Crippen LogP contribution in [-0.4, -0.2) is 24.2 Å². The zero-order valence-electron chi connectivity index (χ0n) is 15.7. The molecule has 0 atom stereocenters. The molecule has 0 saturated heterocycles. The highest BCUT2D eigenvalue weighted by molar-refractivity contribution is 7.91. The predicted molar refractivity (Wildman–Crippen MR) is 106 cm³/mol. The molecule has 3 rings (SSSR count). The monoisotopic (exact) mass is 492 g/mol. The van der Waals surface area contributed by atoms with Crippen LogP contribution < -0.4 is 0 Å². The lowest BCUT2D eigenvalue weighted by atomic mass is 10.2. The summed E-state index contributed by atoms with van der Waals surface area (Å²) in [6, 6.07) is 10.3. The van der Waals surface area contributed by atoms with Crippen molar-refractivity contribution in [3.05, 3.63) is 75.4 Å². The van der Waals surface area contributed by atoms with Gasteiger partial charge in [-0.3, -0.25) is 4.68 Å². The van der Waals surface area contributed by atoms with Crippen LogP contribution in [0.5, 0.6) is 0 Å². The standard InChI is InChI=1S/C19H13Cl2F3N2O4S/c1-26-17(31(28,29)14-8-6-13(21)7-9-14)15(16(25-26)19(22,23)24)10-30-18(27)11-2-4-12(20)5-3-11/h2-9H,10H2,1H3. The first-order valence-electron chi connectivity index (χ1n) is 8.47. The molecule has 0 spiro atoms. The molecule has 0 fully saturated rings. The van der Waals surface area contributed by atoms with Gasteiger partial charge in [-0.05, 0) is 48.5 Å². The van der Waals surface area contributed by atoms with Gasteiger partial charge in [0.1, 0.15) is 6.61 Å².